The van der Waals surface area contributed by atoms with Crippen molar-refractivity contribution < 1.29 is 23.9 Å². The van der Waals surface area contributed by atoms with Gasteiger partial charge in [0.2, 0.25) is 5.91 Å². The van der Waals surface area contributed by atoms with E-state index in [1.165, 1.54) is 12.0 Å². The number of imide groups is 1. The van der Waals surface area contributed by atoms with Crippen LogP contribution in [-0.4, -0.2) is 42.6 Å². The predicted octanol–water partition coefficient (Wildman–Crippen LogP) is 2.67. The van der Waals surface area contributed by atoms with E-state index in [-0.39, 0.29) is 30.3 Å². The van der Waals surface area contributed by atoms with E-state index in [4.69, 9.17) is 4.74 Å². The maximum absolute atomic E-state index is 12.2. The second-order valence-corrected chi connectivity index (χ2v) is 5.60. The molecule has 2 amide bonds. The highest BCUT2D eigenvalue weighted by Crippen LogP contribution is 2.21. The Kier molecular flexibility index (Phi) is 7.63. The molecule has 1 aliphatic heterocycles. The highest BCUT2D eigenvalue weighted by Gasteiger charge is 2.35. The molecule has 1 saturated heterocycles. The Bertz CT molecular complexity index is 430. The zero-order chi connectivity index (χ0) is 16.5. The minimum Gasteiger partial charge on any atom is -0.469 e. The Balaban J connectivity index is 2.41. The number of ether oxygens (including phenoxy) is 2. The summed E-state index contributed by atoms with van der Waals surface area (Å²) in [4.78, 5) is 36.2. The molecule has 1 rings (SSSR count). The van der Waals surface area contributed by atoms with Crippen LogP contribution in [0.15, 0.2) is 12.2 Å². The molecule has 0 radical (unpaired) electrons. The molecule has 0 aromatic carbocycles. The molecule has 0 N–H and O–H groups in total. The molecule has 0 aromatic rings. The fraction of sp³-hybridized carbons (Fsp3) is 0.688. The Morgan fingerprint density at radius 3 is 2.55 bits per heavy atom. The van der Waals surface area contributed by atoms with Gasteiger partial charge in [0.15, 0.2) is 0 Å². The van der Waals surface area contributed by atoms with E-state index in [2.05, 4.69) is 4.74 Å². The summed E-state index contributed by atoms with van der Waals surface area (Å²) in [5.74, 6) is -0.245. The van der Waals surface area contributed by atoms with Gasteiger partial charge in [-0.3, -0.25) is 9.59 Å². The molecule has 0 unspecified atom stereocenters. The summed E-state index contributed by atoms with van der Waals surface area (Å²) in [5.41, 5.74) is 0. The van der Waals surface area contributed by atoms with Crippen molar-refractivity contribution in [1.29, 1.82) is 0 Å². The van der Waals surface area contributed by atoms with Gasteiger partial charge < -0.3 is 9.47 Å². The Labute approximate surface area is 131 Å². The Morgan fingerprint density at radius 1 is 1.32 bits per heavy atom. The number of carbonyl (C=O) groups excluding carboxylic acids is 3. The van der Waals surface area contributed by atoms with E-state index in [1.54, 1.807) is 0 Å². The van der Waals surface area contributed by atoms with Crippen LogP contribution in [-0.2, 0) is 19.1 Å². The quantitative estimate of drug-likeness (QED) is 0.534. The van der Waals surface area contributed by atoms with Gasteiger partial charge in [-0.1, -0.05) is 26.0 Å². The fourth-order valence-electron chi connectivity index (χ4n) is 2.39. The van der Waals surface area contributed by atoms with Crippen LogP contribution in [0, 0.1) is 5.92 Å². The molecule has 0 spiro atoms. The van der Waals surface area contributed by atoms with Crippen molar-refractivity contribution in [3.05, 3.63) is 12.2 Å². The van der Waals surface area contributed by atoms with Crippen LogP contribution in [0.1, 0.15) is 46.0 Å². The summed E-state index contributed by atoms with van der Waals surface area (Å²) in [6, 6.07) is -0.0861. The Hall–Kier alpha value is -1.85. The van der Waals surface area contributed by atoms with Crippen LogP contribution < -0.4 is 0 Å². The summed E-state index contributed by atoms with van der Waals surface area (Å²) in [6.45, 7) is 4.37. The standard InChI is InChI=1S/C16H25NO5/c1-12(2)13-10-11-22-16(20)17(13)14(18)8-6-4-5-7-9-15(19)21-3/h4-5,12-13H,6-11H2,1-3H3/b5-4-/t13-/m0/s1. The van der Waals surface area contributed by atoms with Gasteiger partial charge >= 0.3 is 12.1 Å². The molecule has 0 aliphatic carbocycles. The van der Waals surface area contributed by atoms with Crippen molar-refractivity contribution in [3.63, 3.8) is 0 Å². The first-order valence-corrected chi connectivity index (χ1v) is 7.68. The van der Waals surface area contributed by atoms with E-state index < -0.39 is 6.09 Å². The number of cyclic esters (lactones) is 1. The monoisotopic (exact) mass is 311 g/mol. The number of rotatable bonds is 7. The number of nitrogens with zero attached hydrogens (tertiary/aromatic N) is 1. The van der Waals surface area contributed by atoms with Gasteiger partial charge in [-0.2, -0.15) is 0 Å². The molecule has 1 atom stereocenters. The molecule has 0 saturated carbocycles. The highest BCUT2D eigenvalue weighted by atomic mass is 16.6. The molecule has 22 heavy (non-hydrogen) atoms. The van der Waals surface area contributed by atoms with Crippen molar-refractivity contribution in [3.8, 4) is 0 Å². The number of hydrogen-bond acceptors (Lipinski definition) is 5. The van der Waals surface area contributed by atoms with Crippen molar-refractivity contribution in [2.24, 2.45) is 5.92 Å². The molecule has 0 aromatic heterocycles. The zero-order valence-corrected chi connectivity index (χ0v) is 13.5. The third kappa shape index (κ3) is 5.50. The third-order valence-corrected chi connectivity index (χ3v) is 3.64. The van der Waals surface area contributed by atoms with Crippen LogP contribution in [0.25, 0.3) is 0 Å². The minimum absolute atomic E-state index is 0.0861. The van der Waals surface area contributed by atoms with E-state index in [0.717, 1.165) is 0 Å². The van der Waals surface area contributed by atoms with E-state index in [9.17, 15) is 14.4 Å². The van der Waals surface area contributed by atoms with Crippen molar-refractivity contribution in [2.75, 3.05) is 13.7 Å². The molecule has 1 aliphatic rings. The maximum atomic E-state index is 12.2. The first kappa shape index (κ1) is 18.2. The first-order valence-electron chi connectivity index (χ1n) is 7.68. The second-order valence-electron chi connectivity index (χ2n) is 5.60. The summed E-state index contributed by atoms with van der Waals surface area (Å²) in [6.07, 6.45) is 5.55. The van der Waals surface area contributed by atoms with Crippen molar-refractivity contribution >= 4 is 18.0 Å². The molecule has 124 valence electrons. The highest BCUT2D eigenvalue weighted by molar-refractivity contribution is 5.92. The smallest absolute Gasteiger partial charge is 0.416 e. The molecular weight excluding hydrogens is 286 g/mol. The van der Waals surface area contributed by atoms with Crippen LogP contribution in [0.3, 0.4) is 0 Å². The lowest BCUT2D eigenvalue weighted by atomic mass is 9.98. The summed E-state index contributed by atoms with van der Waals surface area (Å²) in [7, 11) is 1.35. The molecule has 6 nitrogen and oxygen atoms in total. The summed E-state index contributed by atoms with van der Waals surface area (Å²) >= 11 is 0. The topological polar surface area (TPSA) is 72.9 Å². The summed E-state index contributed by atoms with van der Waals surface area (Å²) < 4.78 is 9.51. The lowest BCUT2D eigenvalue weighted by Gasteiger charge is -2.35. The maximum Gasteiger partial charge on any atom is 0.416 e. The van der Waals surface area contributed by atoms with E-state index in [1.807, 2.05) is 26.0 Å². The SMILES string of the molecule is COC(=O)CC/C=C\CCC(=O)N1C(=O)OCC[C@H]1C(C)C. The Morgan fingerprint density at radius 2 is 1.95 bits per heavy atom. The zero-order valence-electron chi connectivity index (χ0n) is 13.5. The predicted molar refractivity (Wildman–Crippen MR) is 81.1 cm³/mol. The van der Waals surface area contributed by atoms with Crippen LogP contribution in [0.2, 0.25) is 0 Å². The van der Waals surface area contributed by atoms with Gasteiger partial charge in [0.05, 0.1) is 13.7 Å². The molecule has 6 heteroatoms. The average Bonchev–Trinajstić information content (AvgIpc) is 2.49. The average molecular weight is 311 g/mol. The number of hydrogen-bond donors (Lipinski definition) is 0. The molecule has 0 bridgehead atoms. The molecule has 1 heterocycles. The van der Waals surface area contributed by atoms with Crippen molar-refractivity contribution in [2.45, 2.75) is 52.0 Å². The minimum atomic E-state index is -0.537. The fourth-order valence-corrected chi connectivity index (χ4v) is 2.39. The summed E-state index contributed by atoms with van der Waals surface area (Å²) in [5, 5.41) is 0. The number of allylic oxidation sites excluding steroid dienone is 2. The normalized spacial score (nSPS) is 18.6. The van der Waals surface area contributed by atoms with Gasteiger partial charge in [-0.25, -0.2) is 9.69 Å². The van der Waals surface area contributed by atoms with Gasteiger partial charge in [0, 0.05) is 25.3 Å². The van der Waals surface area contributed by atoms with E-state index in [0.29, 0.717) is 32.3 Å². The number of methoxy groups -OCH3 is 1. The van der Waals surface area contributed by atoms with Gasteiger partial charge in [-0.05, 0) is 18.8 Å². The van der Waals surface area contributed by atoms with Crippen LogP contribution in [0.4, 0.5) is 4.79 Å². The molecule has 1 fully saturated rings. The van der Waals surface area contributed by atoms with E-state index >= 15 is 0 Å². The third-order valence-electron chi connectivity index (χ3n) is 3.64. The lowest BCUT2D eigenvalue weighted by Crippen LogP contribution is -2.51. The largest absolute Gasteiger partial charge is 0.469 e. The van der Waals surface area contributed by atoms with Gasteiger partial charge in [0.25, 0.3) is 0 Å². The second kappa shape index (κ2) is 9.23. The van der Waals surface area contributed by atoms with Crippen LogP contribution >= 0.6 is 0 Å². The van der Waals surface area contributed by atoms with Gasteiger partial charge in [0.1, 0.15) is 0 Å². The lowest BCUT2D eigenvalue weighted by molar-refractivity contribution is -0.140. The van der Waals surface area contributed by atoms with Crippen molar-refractivity contribution in [1.82, 2.24) is 4.90 Å². The van der Waals surface area contributed by atoms with Gasteiger partial charge in [-0.15, -0.1) is 0 Å². The number of amides is 2. The van der Waals surface area contributed by atoms with Crippen LogP contribution in [0.5, 0.6) is 0 Å². The number of carbonyl (C=O) groups is 3. The molecular formula is C16H25NO5. The first-order chi connectivity index (χ1) is 10.5. The number of esters is 1.